The molecule has 0 saturated heterocycles. The molecule has 208 valence electrons. The molecule has 2 heterocycles. The number of nitrogens with zero attached hydrogens (tertiary/aromatic N) is 2. The number of carbonyl (C=O) groups is 2. The maximum atomic E-state index is 13.8. The zero-order valence-electron chi connectivity index (χ0n) is 21.1. The van der Waals surface area contributed by atoms with Gasteiger partial charge in [0.1, 0.15) is 34.0 Å². The summed E-state index contributed by atoms with van der Waals surface area (Å²) in [6, 6.07) is 11.5. The molecule has 1 N–H and O–H groups in total. The van der Waals surface area contributed by atoms with Crippen LogP contribution in [0.3, 0.4) is 0 Å². The standard InChI is InChI=1S/C14H10ClF2NO2.C14H12F2NO3/c1-2-20-14(19)10-5-6-12(15)18-13(10)9-4-3-8(16)7-11(9)17;1-2-20-14(18)11-4-3-7-17(19)13(11)10-6-5-9(15)8-12(10)16/h3-7H,2H2,1H3;3-8,19H,2H2,1H3/q;+1. The molecule has 0 aliphatic carbocycles. The van der Waals surface area contributed by atoms with Crippen molar-refractivity contribution < 1.29 is 46.6 Å². The maximum Gasteiger partial charge on any atom is 0.345 e. The summed E-state index contributed by atoms with van der Waals surface area (Å²) in [5, 5.41) is 9.90. The first kappa shape index (κ1) is 30.0. The first-order chi connectivity index (χ1) is 19.1. The van der Waals surface area contributed by atoms with E-state index in [9.17, 15) is 32.4 Å². The topological polar surface area (TPSA) is 89.6 Å². The summed E-state index contributed by atoms with van der Waals surface area (Å²) in [4.78, 5) is 27.6. The molecular formula is C28H22ClF4N2O5+. The summed E-state index contributed by atoms with van der Waals surface area (Å²) in [6.07, 6.45) is 1.24. The number of ether oxygens (including phenoxy) is 2. The lowest BCUT2D eigenvalue weighted by molar-refractivity contribution is -0.896. The van der Waals surface area contributed by atoms with Crippen molar-refractivity contribution in [1.82, 2.24) is 4.98 Å². The highest BCUT2D eigenvalue weighted by molar-refractivity contribution is 6.29. The Morgan fingerprint density at radius 3 is 1.93 bits per heavy atom. The molecule has 0 fully saturated rings. The smallest absolute Gasteiger partial charge is 0.345 e. The van der Waals surface area contributed by atoms with Gasteiger partial charge >= 0.3 is 11.9 Å². The number of esters is 2. The fourth-order valence-electron chi connectivity index (χ4n) is 3.52. The summed E-state index contributed by atoms with van der Waals surface area (Å²) in [7, 11) is 0. The summed E-state index contributed by atoms with van der Waals surface area (Å²) in [6.45, 7) is 3.60. The lowest BCUT2D eigenvalue weighted by Gasteiger charge is -2.09. The van der Waals surface area contributed by atoms with Crippen molar-refractivity contribution in [1.29, 1.82) is 0 Å². The normalized spacial score (nSPS) is 10.4. The van der Waals surface area contributed by atoms with Gasteiger partial charge in [0.2, 0.25) is 6.20 Å². The average Bonchev–Trinajstić information content (AvgIpc) is 2.89. The van der Waals surface area contributed by atoms with Crippen LogP contribution >= 0.6 is 11.6 Å². The fraction of sp³-hybridized carbons (Fsp3) is 0.143. The van der Waals surface area contributed by atoms with Crippen molar-refractivity contribution in [2.45, 2.75) is 13.8 Å². The Labute approximate surface area is 231 Å². The fourth-order valence-corrected chi connectivity index (χ4v) is 3.66. The molecule has 0 atom stereocenters. The van der Waals surface area contributed by atoms with Crippen molar-refractivity contribution in [3.63, 3.8) is 0 Å². The van der Waals surface area contributed by atoms with Crippen molar-refractivity contribution >= 4 is 23.5 Å². The van der Waals surface area contributed by atoms with Gasteiger partial charge in [-0.1, -0.05) is 11.6 Å². The molecule has 7 nitrogen and oxygen atoms in total. The van der Waals surface area contributed by atoms with E-state index in [1.165, 1.54) is 36.5 Å². The summed E-state index contributed by atoms with van der Waals surface area (Å²) >= 11 is 5.77. The van der Waals surface area contributed by atoms with Gasteiger partial charge in [-0.2, -0.15) is 0 Å². The van der Waals surface area contributed by atoms with Gasteiger partial charge < -0.3 is 9.47 Å². The van der Waals surface area contributed by atoms with Crippen LogP contribution in [0.15, 0.2) is 66.9 Å². The zero-order chi connectivity index (χ0) is 29.4. The molecule has 12 heteroatoms. The molecule has 0 amide bonds. The number of hydrogen-bond donors (Lipinski definition) is 1. The van der Waals surface area contributed by atoms with Crippen LogP contribution in [0.5, 0.6) is 0 Å². The molecule has 0 unspecified atom stereocenters. The Bertz CT molecular complexity index is 1550. The van der Waals surface area contributed by atoms with Crippen molar-refractivity contribution in [3.05, 3.63) is 106 Å². The molecule has 0 bridgehead atoms. The van der Waals surface area contributed by atoms with E-state index in [4.69, 9.17) is 21.1 Å². The summed E-state index contributed by atoms with van der Waals surface area (Å²) in [5.41, 5.74) is -0.129. The van der Waals surface area contributed by atoms with E-state index in [1.54, 1.807) is 13.8 Å². The Balaban J connectivity index is 0.000000220. The highest BCUT2D eigenvalue weighted by Gasteiger charge is 2.27. The summed E-state index contributed by atoms with van der Waals surface area (Å²) in [5.74, 6) is -4.52. The van der Waals surface area contributed by atoms with Gasteiger partial charge in [0.05, 0.1) is 30.0 Å². The second-order valence-corrected chi connectivity index (χ2v) is 8.22. The molecule has 2 aromatic heterocycles. The maximum absolute atomic E-state index is 13.8. The van der Waals surface area contributed by atoms with Gasteiger partial charge in [0, 0.05) is 28.5 Å². The largest absolute Gasteiger partial charge is 0.462 e. The van der Waals surface area contributed by atoms with Gasteiger partial charge in [-0.05, 0) is 56.3 Å². The Morgan fingerprint density at radius 2 is 1.38 bits per heavy atom. The number of carbonyl (C=O) groups excluding carboxylic acids is 2. The number of hydrogen-bond acceptors (Lipinski definition) is 6. The molecule has 0 spiro atoms. The molecule has 2 aromatic carbocycles. The molecule has 0 saturated carbocycles. The molecule has 0 radical (unpaired) electrons. The Hall–Kier alpha value is -4.51. The molecule has 4 aromatic rings. The lowest BCUT2D eigenvalue weighted by atomic mass is 10.1. The van der Waals surface area contributed by atoms with Gasteiger partial charge in [-0.15, -0.1) is 0 Å². The number of rotatable bonds is 6. The molecule has 0 aliphatic heterocycles. The first-order valence-corrected chi connectivity index (χ1v) is 12.1. The van der Waals surface area contributed by atoms with Crippen LogP contribution in [0.25, 0.3) is 22.5 Å². The lowest BCUT2D eigenvalue weighted by Crippen LogP contribution is -2.34. The Morgan fingerprint density at radius 1 is 0.825 bits per heavy atom. The molecule has 0 aliphatic rings. The zero-order valence-corrected chi connectivity index (χ0v) is 21.9. The second-order valence-electron chi connectivity index (χ2n) is 7.83. The second kappa shape index (κ2) is 13.5. The van der Waals surface area contributed by atoms with E-state index < -0.39 is 35.2 Å². The van der Waals surface area contributed by atoms with Crippen molar-refractivity contribution in [2.24, 2.45) is 0 Å². The third kappa shape index (κ3) is 7.11. The van der Waals surface area contributed by atoms with Crippen LogP contribution in [0.1, 0.15) is 34.6 Å². The Kier molecular flexibility index (Phi) is 10.2. The van der Waals surface area contributed by atoms with Crippen LogP contribution in [0.2, 0.25) is 5.15 Å². The number of aromatic nitrogens is 2. The predicted octanol–water partition coefficient (Wildman–Crippen LogP) is 6.19. The average molecular weight is 578 g/mol. The minimum Gasteiger partial charge on any atom is -0.462 e. The van der Waals surface area contributed by atoms with Crippen LogP contribution in [0.4, 0.5) is 17.6 Å². The van der Waals surface area contributed by atoms with Crippen LogP contribution in [-0.2, 0) is 9.47 Å². The van der Waals surface area contributed by atoms with Crippen molar-refractivity contribution in [2.75, 3.05) is 13.2 Å². The van der Waals surface area contributed by atoms with Crippen molar-refractivity contribution in [3.8, 4) is 22.5 Å². The number of halogens is 5. The van der Waals surface area contributed by atoms with E-state index in [0.29, 0.717) is 16.9 Å². The SMILES string of the molecule is CCOC(=O)c1ccc(Cl)nc1-c1ccc(F)cc1F.CCOC(=O)c1ccc[n+](O)c1-c1ccc(F)cc1F. The van der Waals surface area contributed by atoms with E-state index in [2.05, 4.69) is 4.98 Å². The first-order valence-electron chi connectivity index (χ1n) is 11.7. The molecule has 40 heavy (non-hydrogen) atoms. The third-order valence-corrected chi connectivity index (χ3v) is 5.41. The van der Waals surface area contributed by atoms with Gasteiger partial charge in [-0.3, -0.25) is 5.21 Å². The third-order valence-electron chi connectivity index (χ3n) is 5.20. The molecule has 4 rings (SSSR count). The quantitative estimate of drug-likeness (QED) is 0.0966. The van der Waals surface area contributed by atoms with Crippen LogP contribution in [-0.4, -0.2) is 35.3 Å². The monoisotopic (exact) mass is 577 g/mol. The number of pyridine rings is 2. The van der Waals surface area contributed by atoms with Crippen LogP contribution < -0.4 is 4.73 Å². The minimum absolute atomic E-state index is 0.0117. The van der Waals surface area contributed by atoms with Gasteiger partial charge in [0.25, 0.3) is 5.69 Å². The van der Waals surface area contributed by atoms with E-state index in [-0.39, 0.29) is 52.0 Å². The van der Waals surface area contributed by atoms with Crippen LogP contribution in [0, 0.1) is 23.3 Å². The van der Waals surface area contributed by atoms with Gasteiger partial charge in [0.15, 0.2) is 0 Å². The predicted molar refractivity (Wildman–Crippen MR) is 136 cm³/mol. The summed E-state index contributed by atoms with van der Waals surface area (Å²) < 4.78 is 63.9. The van der Waals surface area contributed by atoms with E-state index in [1.807, 2.05) is 0 Å². The minimum atomic E-state index is -0.885. The van der Waals surface area contributed by atoms with Gasteiger partial charge in [-0.25, -0.2) is 32.1 Å². The molecular weight excluding hydrogens is 556 g/mol. The highest BCUT2D eigenvalue weighted by atomic mass is 35.5. The van der Waals surface area contributed by atoms with E-state index in [0.717, 1.165) is 18.2 Å². The number of benzene rings is 2. The van der Waals surface area contributed by atoms with E-state index >= 15 is 0 Å². The highest BCUT2D eigenvalue weighted by Crippen LogP contribution is 2.27.